The fraction of sp³-hybridized carbons (Fsp3) is 0.400. The SMILES string of the molecule is CNC(C)(C)c1cc(Br)ccc1F. The Bertz CT molecular complexity index is 310. The van der Waals surface area contributed by atoms with E-state index < -0.39 is 0 Å². The highest BCUT2D eigenvalue weighted by molar-refractivity contribution is 9.10. The molecule has 0 saturated carbocycles. The van der Waals surface area contributed by atoms with Crippen LogP contribution in [0, 0.1) is 5.82 Å². The van der Waals surface area contributed by atoms with E-state index in [1.165, 1.54) is 6.07 Å². The number of halogens is 2. The number of benzene rings is 1. The second-order valence-corrected chi connectivity index (χ2v) is 4.41. The third kappa shape index (κ3) is 2.29. The Balaban J connectivity index is 3.20. The fourth-order valence-electron chi connectivity index (χ4n) is 1.11. The summed E-state index contributed by atoms with van der Waals surface area (Å²) in [6.45, 7) is 3.88. The van der Waals surface area contributed by atoms with E-state index in [-0.39, 0.29) is 11.4 Å². The van der Waals surface area contributed by atoms with Crippen molar-refractivity contribution >= 4 is 15.9 Å². The van der Waals surface area contributed by atoms with Gasteiger partial charge in [-0.05, 0) is 39.1 Å². The molecule has 1 N–H and O–H groups in total. The first kappa shape index (κ1) is 10.7. The van der Waals surface area contributed by atoms with E-state index in [4.69, 9.17) is 0 Å². The van der Waals surface area contributed by atoms with E-state index in [0.717, 1.165) is 4.47 Å². The van der Waals surface area contributed by atoms with Crippen molar-refractivity contribution in [3.8, 4) is 0 Å². The van der Waals surface area contributed by atoms with Gasteiger partial charge in [0.05, 0.1) is 0 Å². The van der Waals surface area contributed by atoms with Gasteiger partial charge >= 0.3 is 0 Å². The first-order chi connectivity index (χ1) is 5.97. The number of hydrogen-bond donors (Lipinski definition) is 1. The topological polar surface area (TPSA) is 12.0 Å². The van der Waals surface area contributed by atoms with Gasteiger partial charge in [-0.2, -0.15) is 0 Å². The second kappa shape index (κ2) is 3.76. The van der Waals surface area contributed by atoms with Crippen LogP contribution in [0.2, 0.25) is 0 Å². The van der Waals surface area contributed by atoms with E-state index >= 15 is 0 Å². The average molecular weight is 246 g/mol. The molecule has 3 heteroatoms. The molecular weight excluding hydrogens is 233 g/mol. The molecule has 0 fully saturated rings. The van der Waals surface area contributed by atoms with Crippen LogP contribution < -0.4 is 5.32 Å². The molecular formula is C10H13BrFN. The second-order valence-electron chi connectivity index (χ2n) is 3.50. The summed E-state index contributed by atoms with van der Waals surface area (Å²) in [4.78, 5) is 0. The lowest BCUT2D eigenvalue weighted by molar-refractivity contribution is 0.419. The van der Waals surface area contributed by atoms with Crippen LogP contribution in [-0.2, 0) is 5.54 Å². The summed E-state index contributed by atoms with van der Waals surface area (Å²) < 4.78 is 14.3. The highest BCUT2D eigenvalue weighted by atomic mass is 79.9. The highest BCUT2D eigenvalue weighted by Gasteiger charge is 2.21. The zero-order valence-corrected chi connectivity index (χ0v) is 9.57. The Morgan fingerprint density at radius 2 is 2.00 bits per heavy atom. The van der Waals surface area contributed by atoms with Gasteiger partial charge < -0.3 is 5.32 Å². The molecule has 72 valence electrons. The largest absolute Gasteiger partial charge is 0.311 e. The van der Waals surface area contributed by atoms with Crippen molar-refractivity contribution < 1.29 is 4.39 Å². The van der Waals surface area contributed by atoms with E-state index in [1.807, 2.05) is 20.9 Å². The number of rotatable bonds is 2. The van der Waals surface area contributed by atoms with Gasteiger partial charge in [-0.25, -0.2) is 4.39 Å². The monoisotopic (exact) mass is 245 g/mol. The van der Waals surface area contributed by atoms with E-state index in [2.05, 4.69) is 21.2 Å². The quantitative estimate of drug-likeness (QED) is 0.845. The predicted octanol–water partition coefficient (Wildman–Crippen LogP) is 3.04. The first-order valence-corrected chi connectivity index (χ1v) is 4.91. The van der Waals surface area contributed by atoms with Crippen LogP contribution in [0.1, 0.15) is 19.4 Å². The normalized spacial score (nSPS) is 11.8. The number of nitrogens with one attached hydrogen (secondary N) is 1. The van der Waals surface area contributed by atoms with Crippen LogP contribution in [-0.4, -0.2) is 7.05 Å². The maximum Gasteiger partial charge on any atom is 0.128 e. The minimum Gasteiger partial charge on any atom is -0.311 e. The maximum atomic E-state index is 13.4. The smallest absolute Gasteiger partial charge is 0.128 e. The van der Waals surface area contributed by atoms with Crippen LogP contribution in [0.25, 0.3) is 0 Å². The van der Waals surface area contributed by atoms with Crippen LogP contribution in [0.3, 0.4) is 0 Å². The van der Waals surface area contributed by atoms with Crippen molar-refractivity contribution in [1.29, 1.82) is 0 Å². The minimum atomic E-state index is -0.339. The van der Waals surface area contributed by atoms with E-state index in [9.17, 15) is 4.39 Å². The molecule has 1 nitrogen and oxygen atoms in total. The van der Waals surface area contributed by atoms with Crippen LogP contribution in [0.4, 0.5) is 4.39 Å². The summed E-state index contributed by atoms with van der Waals surface area (Å²) in [6.07, 6.45) is 0. The van der Waals surface area contributed by atoms with E-state index in [1.54, 1.807) is 12.1 Å². The molecule has 0 amide bonds. The van der Waals surface area contributed by atoms with Crippen molar-refractivity contribution in [1.82, 2.24) is 5.32 Å². The van der Waals surface area contributed by atoms with Gasteiger partial charge in [-0.1, -0.05) is 15.9 Å². The Morgan fingerprint density at radius 1 is 1.38 bits per heavy atom. The van der Waals surface area contributed by atoms with Crippen molar-refractivity contribution in [2.24, 2.45) is 0 Å². The van der Waals surface area contributed by atoms with Crippen LogP contribution >= 0.6 is 15.9 Å². The third-order valence-electron chi connectivity index (χ3n) is 2.23. The third-order valence-corrected chi connectivity index (χ3v) is 2.72. The molecule has 0 aliphatic heterocycles. The molecule has 0 unspecified atom stereocenters. The van der Waals surface area contributed by atoms with Crippen molar-refractivity contribution in [3.63, 3.8) is 0 Å². The zero-order chi connectivity index (χ0) is 10.1. The summed E-state index contributed by atoms with van der Waals surface area (Å²) >= 11 is 3.32. The van der Waals surface area contributed by atoms with Crippen LogP contribution in [0.15, 0.2) is 22.7 Å². The molecule has 0 heterocycles. The van der Waals surface area contributed by atoms with Gasteiger partial charge in [0.25, 0.3) is 0 Å². The van der Waals surface area contributed by atoms with Gasteiger partial charge in [0.1, 0.15) is 5.82 Å². The molecule has 13 heavy (non-hydrogen) atoms. The molecule has 1 aromatic rings. The summed E-state index contributed by atoms with van der Waals surface area (Å²) in [7, 11) is 1.82. The Hall–Kier alpha value is -0.410. The van der Waals surface area contributed by atoms with Crippen LogP contribution in [0.5, 0.6) is 0 Å². The number of hydrogen-bond acceptors (Lipinski definition) is 1. The maximum absolute atomic E-state index is 13.4. The molecule has 0 aliphatic rings. The van der Waals surface area contributed by atoms with Gasteiger partial charge in [-0.3, -0.25) is 0 Å². The zero-order valence-electron chi connectivity index (χ0n) is 7.99. The summed E-state index contributed by atoms with van der Waals surface area (Å²) in [5.74, 6) is -0.178. The molecule has 0 radical (unpaired) electrons. The van der Waals surface area contributed by atoms with Gasteiger partial charge in [0.15, 0.2) is 0 Å². The fourth-order valence-corrected chi connectivity index (χ4v) is 1.47. The van der Waals surface area contributed by atoms with Gasteiger partial charge in [0.2, 0.25) is 0 Å². The summed E-state index contributed by atoms with van der Waals surface area (Å²) in [5, 5.41) is 3.06. The Labute approximate surface area is 86.5 Å². The lowest BCUT2D eigenvalue weighted by Crippen LogP contribution is -2.34. The standard InChI is InChI=1S/C10H13BrFN/c1-10(2,13-3)8-6-7(11)4-5-9(8)12/h4-6,13H,1-3H3. The lowest BCUT2D eigenvalue weighted by Gasteiger charge is -2.25. The molecule has 0 aromatic heterocycles. The first-order valence-electron chi connectivity index (χ1n) is 4.12. The van der Waals surface area contributed by atoms with E-state index in [0.29, 0.717) is 5.56 Å². The van der Waals surface area contributed by atoms with Crippen molar-refractivity contribution in [2.75, 3.05) is 7.05 Å². The Morgan fingerprint density at radius 3 is 2.54 bits per heavy atom. The molecule has 0 aliphatic carbocycles. The molecule has 0 atom stereocenters. The molecule has 1 rings (SSSR count). The van der Waals surface area contributed by atoms with Gasteiger partial charge in [0, 0.05) is 15.6 Å². The van der Waals surface area contributed by atoms with Gasteiger partial charge in [-0.15, -0.1) is 0 Å². The molecule has 1 aromatic carbocycles. The minimum absolute atomic E-state index is 0.178. The molecule has 0 saturated heterocycles. The highest BCUT2D eigenvalue weighted by Crippen LogP contribution is 2.25. The molecule has 0 bridgehead atoms. The summed E-state index contributed by atoms with van der Waals surface area (Å²) in [5.41, 5.74) is 0.331. The predicted molar refractivity (Wildman–Crippen MR) is 56.2 cm³/mol. The van der Waals surface area contributed by atoms with Crippen molar-refractivity contribution in [2.45, 2.75) is 19.4 Å². The summed E-state index contributed by atoms with van der Waals surface area (Å²) in [6, 6.07) is 4.97. The van der Waals surface area contributed by atoms with Crippen molar-refractivity contribution in [3.05, 3.63) is 34.1 Å². The molecule has 0 spiro atoms. The Kier molecular flexibility index (Phi) is 3.09. The average Bonchev–Trinajstić information content (AvgIpc) is 2.09. The lowest BCUT2D eigenvalue weighted by atomic mass is 9.94.